The van der Waals surface area contributed by atoms with Crippen LogP contribution in [0.2, 0.25) is 6.04 Å². The van der Waals surface area contributed by atoms with Crippen LogP contribution in [0.15, 0.2) is 212 Å². The van der Waals surface area contributed by atoms with Crippen LogP contribution in [0.25, 0.3) is 0 Å². The third kappa shape index (κ3) is 7.63. The van der Waals surface area contributed by atoms with Crippen LogP contribution in [-0.2, 0) is 8.23 Å². The van der Waals surface area contributed by atoms with Gasteiger partial charge in [-0.15, -0.1) is 0 Å². The number of hydrogen-bond acceptors (Lipinski definition) is 2. The van der Waals surface area contributed by atoms with Crippen LogP contribution in [0.1, 0.15) is 32.6 Å². The molecule has 0 atom stereocenters. The summed E-state index contributed by atoms with van der Waals surface area (Å²) in [4.78, 5) is 0. The van der Waals surface area contributed by atoms with E-state index in [9.17, 15) is 0 Å². The Morgan fingerprint density at radius 1 is 0.321 bits per heavy atom. The lowest BCUT2D eigenvalue weighted by atomic mass is 10.2. The van der Waals surface area contributed by atoms with Gasteiger partial charge in [-0.2, -0.15) is 0 Å². The van der Waals surface area contributed by atoms with Gasteiger partial charge in [0.25, 0.3) is 8.32 Å². The van der Waals surface area contributed by atoms with Crippen molar-refractivity contribution in [1.29, 1.82) is 0 Å². The average molecular weight is 741 g/mol. The second-order valence-electron chi connectivity index (χ2n) is 13.7. The number of rotatable bonds is 16. The van der Waals surface area contributed by atoms with Gasteiger partial charge in [0, 0.05) is 0 Å². The van der Waals surface area contributed by atoms with Crippen molar-refractivity contribution < 1.29 is 8.23 Å². The van der Waals surface area contributed by atoms with Crippen molar-refractivity contribution in [2.24, 2.45) is 0 Å². The van der Waals surface area contributed by atoms with Crippen LogP contribution in [0.5, 0.6) is 0 Å². The van der Waals surface area contributed by atoms with Crippen molar-refractivity contribution in [2.45, 2.75) is 38.7 Å². The van der Waals surface area contributed by atoms with Crippen molar-refractivity contribution in [2.75, 3.05) is 0 Å². The first-order valence-electron chi connectivity index (χ1n) is 19.0. The Bertz CT molecular complexity index is 1920. The highest BCUT2D eigenvalue weighted by Gasteiger charge is 2.57. The first-order chi connectivity index (χ1) is 26.2. The average Bonchev–Trinajstić information content (AvgIpc) is 3.25. The zero-order valence-electron chi connectivity index (χ0n) is 30.6. The van der Waals surface area contributed by atoms with Crippen LogP contribution in [-0.4, -0.2) is 25.2 Å². The van der Waals surface area contributed by atoms with E-state index in [1.165, 1.54) is 38.8 Å². The fourth-order valence-electron chi connectivity index (χ4n) is 7.73. The van der Waals surface area contributed by atoms with Gasteiger partial charge < -0.3 is 8.23 Å². The fraction of sp³-hybridized carbons (Fsp3) is 0.125. The van der Waals surface area contributed by atoms with Crippen molar-refractivity contribution in [3.05, 3.63) is 212 Å². The molecule has 264 valence electrons. The molecular weight excluding hydrogens is 693 g/mol. The SMILES string of the molecule is CCCCCC[Si](O[Si](O[Si](c1ccccc1)(c1ccccc1)c1ccccc1)(c1ccccc1)c1ccccc1)(c1ccccc1)c1ccccc1. The smallest absolute Gasteiger partial charge is 0.387 e. The molecule has 0 aliphatic rings. The summed E-state index contributed by atoms with van der Waals surface area (Å²) in [6, 6.07) is 77.9. The minimum Gasteiger partial charge on any atom is -0.422 e. The van der Waals surface area contributed by atoms with Gasteiger partial charge in [0.1, 0.15) is 0 Å². The molecular formula is C48H48O2Si3. The van der Waals surface area contributed by atoms with Gasteiger partial charge in [-0.1, -0.05) is 245 Å². The van der Waals surface area contributed by atoms with E-state index in [0.29, 0.717) is 0 Å². The lowest BCUT2D eigenvalue weighted by molar-refractivity contribution is 0.422. The van der Waals surface area contributed by atoms with Gasteiger partial charge in [0.2, 0.25) is 8.32 Å². The summed E-state index contributed by atoms with van der Waals surface area (Å²) in [6.07, 6.45) is 4.63. The quantitative estimate of drug-likeness (QED) is 0.0590. The Balaban J connectivity index is 1.60. The summed E-state index contributed by atoms with van der Waals surface area (Å²) < 4.78 is 17.1. The van der Waals surface area contributed by atoms with E-state index in [0.717, 1.165) is 29.3 Å². The predicted molar refractivity (Wildman–Crippen MR) is 231 cm³/mol. The number of hydrogen-bond donors (Lipinski definition) is 0. The summed E-state index contributed by atoms with van der Waals surface area (Å²) in [5.74, 6) is 0. The molecule has 0 radical (unpaired) electrons. The Hall–Kier alpha value is -4.89. The van der Waals surface area contributed by atoms with E-state index < -0.39 is 25.2 Å². The van der Waals surface area contributed by atoms with E-state index in [1.807, 2.05) is 0 Å². The highest BCUT2D eigenvalue weighted by atomic mass is 28.5. The van der Waals surface area contributed by atoms with Gasteiger partial charge >= 0.3 is 8.56 Å². The molecule has 0 saturated heterocycles. The first-order valence-corrected chi connectivity index (χ1v) is 24.8. The third-order valence-corrected chi connectivity index (χ3v) is 24.5. The van der Waals surface area contributed by atoms with Crippen LogP contribution >= 0.6 is 0 Å². The number of unbranched alkanes of at least 4 members (excludes halogenated alkanes) is 3. The summed E-state index contributed by atoms with van der Waals surface area (Å²) in [5, 5.41) is 8.37. The van der Waals surface area contributed by atoms with Crippen LogP contribution in [0, 0.1) is 0 Å². The molecule has 0 aliphatic heterocycles. The van der Waals surface area contributed by atoms with Crippen LogP contribution in [0.3, 0.4) is 0 Å². The molecule has 0 heterocycles. The molecule has 7 aromatic carbocycles. The Morgan fingerprint density at radius 2 is 0.623 bits per heavy atom. The van der Waals surface area contributed by atoms with Gasteiger partial charge in [0.05, 0.1) is 0 Å². The fourth-order valence-corrected chi connectivity index (χ4v) is 24.3. The molecule has 0 aliphatic carbocycles. The molecule has 53 heavy (non-hydrogen) atoms. The van der Waals surface area contributed by atoms with Crippen molar-refractivity contribution in [3.8, 4) is 0 Å². The normalized spacial score (nSPS) is 12.0. The lowest BCUT2D eigenvalue weighted by Gasteiger charge is -2.47. The third-order valence-electron chi connectivity index (χ3n) is 10.3. The number of benzene rings is 7. The Labute approximate surface area is 319 Å². The van der Waals surface area contributed by atoms with Gasteiger partial charge in [-0.25, -0.2) is 0 Å². The predicted octanol–water partition coefficient (Wildman–Crippen LogP) is 7.28. The standard InChI is InChI=1S/C48H48O2Si3/c1-2-3-4-26-41-51(42-27-12-5-13-28-42,43-29-14-6-15-30-43)49-53(47-37-22-10-23-38-47,48-39-24-11-25-40-48)50-52(44-31-16-7-17-32-44,45-33-18-8-19-34-45)46-35-20-9-21-36-46/h5-25,27-40H,2-4,26,41H2,1H3. The zero-order valence-corrected chi connectivity index (χ0v) is 33.6. The molecule has 0 saturated carbocycles. The molecule has 0 fully saturated rings. The second kappa shape index (κ2) is 17.3. The molecule has 0 bridgehead atoms. The van der Waals surface area contributed by atoms with Gasteiger partial charge in [0.15, 0.2) is 0 Å². The maximum atomic E-state index is 8.57. The largest absolute Gasteiger partial charge is 0.422 e. The lowest BCUT2D eigenvalue weighted by Crippen LogP contribution is -2.81. The zero-order chi connectivity index (χ0) is 36.2. The second-order valence-corrected chi connectivity index (χ2v) is 24.1. The van der Waals surface area contributed by atoms with Crippen molar-refractivity contribution in [1.82, 2.24) is 0 Å². The van der Waals surface area contributed by atoms with E-state index in [4.69, 9.17) is 8.23 Å². The maximum Gasteiger partial charge on any atom is 0.387 e. The molecule has 0 N–H and O–H groups in total. The Morgan fingerprint density at radius 3 is 0.943 bits per heavy atom. The van der Waals surface area contributed by atoms with E-state index >= 15 is 0 Å². The topological polar surface area (TPSA) is 18.5 Å². The molecule has 7 aromatic rings. The van der Waals surface area contributed by atoms with Crippen molar-refractivity contribution in [3.63, 3.8) is 0 Å². The molecule has 2 nitrogen and oxygen atoms in total. The summed E-state index contributed by atoms with van der Waals surface area (Å²) in [6.45, 7) is 2.28. The summed E-state index contributed by atoms with van der Waals surface area (Å²) in [7, 11) is -10.0. The first kappa shape index (κ1) is 36.5. The van der Waals surface area contributed by atoms with E-state index in [2.05, 4.69) is 219 Å². The highest BCUT2D eigenvalue weighted by Crippen LogP contribution is 2.27. The van der Waals surface area contributed by atoms with Gasteiger partial charge in [-0.3, -0.25) is 0 Å². The minimum atomic E-state index is -3.68. The van der Waals surface area contributed by atoms with Gasteiger partial charge in [-0.05, 0) is 42.4 Å². The molecule has 5 heteroatoms. The minimum absolute atomic E-state index is 0.954. The molecule has 7 rings (SSSR count). The maximum absolute atomic E-state index is 8.57. The van der Waals surface area contributed by atoms with E-state index in [1.54, 1.807) is 0 Å². The summed E-state index contributed by atoms with van der Waals surface area (Å²) in [5.41, 5.74) is 0. The molecule has 0 aromatic heterocycles. The Kier molecular flexibility index (Phi) is 11.9. The molecule has 0 amide bonds. The molecule has 0 spiro atoms. The van der Waals surface area contributed by atoms with Crippen molar-refractivity contribution >= 4 is 61.5 Å². The summed E-state index contributed by atoms with van der Waals surface area (Å²) >= 11 is 0. The van der Waals surface area contributed by atoms with E-state index in [-0.39, 0.29) is 0 Å². The molecule has 0 unspecified atom stereocenters. The monoisotopic (exact) mass is 740 g/mol. The van der Waals surface area contributed by atoms with Crippen LogP contribution < -0.4 is 36.3 Å². The van der Waals surface area contributed by atoms with Crippen LogP contribution in [0.4, 0.5) is 0 Å². The highest BCUT2D eigenvalue weighted by molar-refractivity contribution is 7.15.